The van der Waals surface area contributed by atoms with Crippen molar-refractivity contribution in [3.05, 3.63) is 29.6 Å². The first-order valence-corrected chi connectivity index (χ1v) is 6.35. The summed E-state index contributed by atoms with van der Waals surface area (Å²) < 4.78 is 34.1. The zero-order valence-electron chi connectivity index (χ0n) is 8.81. The van der Waals surface area contributed by atoms with E-state index in [0.717, 1.165) is 12.1 Å². The van der Waals surface area contributed by atoms with Gasteiger partial charge in [0.25, 0.3) is 5.91 Å². The molecule has 0 aliphatic heterocycles. The number of benzene rings is 1. The molecular weight excluding hydrogens is 249 g/mol. The van der Waals surface area contributed by atoms with Gasteiger partial charge < -0.3 is 11.1 Å². The van der Waals surface area contributed by atoms with Crippen LogP contribution in [0.3, 0.4) is 0 Å². The van der Waals surface area contributed by atoms with E-state index in [1.54, 1.807) is 0 Å². The summed E-state index contributed by atoms with van der Waals surface area (Å²) in [5, 5.41) is 7.03. The minimum atomic E-state index is -3.64. The summed E-state index contributed by atoms with van der Waals surface area (Å²) in [6.07, 6.45) is 0. The minimum Gasteiger partial charge on any atom is -0.398 e. The van der Waals surface area contributed by atoms with Gasteiger partial charge in [0.05, 0.1) is 11.3 Å². The van der Waals surface area contributed by atoms with E-state index >= 15 is 0 Å². The lowest BCUT2D eigenvalue weighted by molar-refractivity contribution is 0.0956. The van der Waals surface area contributed by atoms with E-state index in [0.29, 0.717) is 0 Å². The van der Waals surface area contributed by atoms with Crippen molar-refractivity contribution in [2.24, 2.45) is 5.14 Å². The number of amides is 1. The van der Waals surface area contributed by atoms with Gasteiger partial charge in [-0.1, -0.05) is 0 Å². The van der Waals surface area contributed by atoms with Gasteiger partial charge in [-0.15, -0.1) is 0 Å². The van der Waals surface area contributed by atoms with Gasteiger partial charge in [-0.2, -0.15) is 0 Å². The molecule has 0 aliphatic carbocycles. The molecule has 6 nitrogen and oxygen atoms in total. The summed E-state index contributed by atoms with van der Waals surface area (Å²) in [5.74, 6) is -1.64. The third kappa shape index (κ3) is 4.37. The summed E-state index contributed by atoms with van der Waals surface area (Å²) in [6, 6.07) is 3.35. The van der Waals surface area contributed by atoms with Crippen LogP contribution in [0.5, 0.6) is 0 Å². The first-order valence-electron chi connectivity index (χ1n) is 4.63. The molecule has 0 atom stereocenters. The molecule has 0 heterocycles. The summed E-state index contributed by atoms with van der Waals surface area (Å²) in [6.45, 7) is -0.159. The number of anilines is 1. The van der Waals surface area contributed by atoms with Crippen LogP contribution in [-0.4, -0.2) is 26.6 Å². The first-order chi connectivity index (χ1) is 7.79. The molecule has 0 saturated heterocycles. The molecule has 17 heavy (non-hydrogen) atoms. The van der Waals surface area contributed by atoms with E-state index < -0.39 is 27.5 Å². The Labute approximate surface area is 97.8 Å². The van der Waals surface area contributed by atoms with Crippen LogP contribution in [-0.2, 0) is 10.0 Å². The van der Waals surface area contributed by atoms with Crippen LogP contribution < -0.4 is 16.2 Å². The normalized spacial score (nSPS) is 11.2. The smallest absolute Gasteiger partial charge is 0.253 e. The molecule has 1 aromatic rings. The number of rotatable bonds is 4. The van der Waals surface area contributed by atoms with Crippen LogP contribution in [0.4, 0.5) is 10.1 Å². The molecule has 0 bridgehead atoms. The van der Waals surface area contributed by atoms with E-state index in [4.69, 9.17) is 10.9 Å². The number of halogens is 1. The predicted octanol–water partition coefficient (Wildman–Crippen LogP) is -0.574. The van der Waals surface area contributed by atoms with E-state index in [9.17, 15) is 17.6 Å². The SMILES string of the molecule is Nc1ccc(F)cc1C(=O)NCCS(N)(=O)=O. The number of hydrogen-bond donors (Lipinski definition) is 3. The van der Waals surface area contributed by atoms with Crippen molar-refractivity contribution in [1.29, 1.82) is 0 Å². The fraction of sp³-hybridized carbons (Fsp3) is 0.222. The highest BCUT2D eigenvalue weighted by molar-refractivity contribution is 7.89. The number of primary sulfonamides is 1. The number of nitrogen functional groups attached to an aromatic ring is 1. The molecule has 0 aromatic heterocycles. The third-order valence-corrected chi connectivity index (χ3v) is 2.71. The minimum absolute atomic E-state index is 0.0422. The van der Waals surface area contributed by atoms with Gasteiger partial charge in [-0.25, -0.2) is 17.9 Å². The zero-order valence-corrected chi connectivity index (χ0v) is 9.63. The number of carbonyl (C=O) groups excluding carboxylic acids is 1. The van der Waals surface area contributed by atoms with Crippen LogP contribution in [0.2, 0.25) is 0 Å². The lowest BCUT2D eigenvalue weighted by Gasteiger charge is -2.06. The van der Waals surface area contributed by atoms with Crippen molar-refractivity contribution in [2.75, 3.05) is 18.0 Å². The number of nitrogens with one attached hydrogen (secondary N) is 1. The molecular formula is C9H12FN3O3S. The van der Waals surface area contributed by atoms with Crippen molar-refractivity contribution in [3.63, 3.8) is 0 Å². The number of nitrogens with two attached hydrogens (primary N) is 2. The van der Waals surface area contributed by atoms with Gasteiger partial charge in [0.15, 0.2) is 0 Å². The van der Waals surface area contributed by atoms with Gasteiger partial charge in [0.2, 0.25) is 10.0 Å². The largest absolute Gasteiger partial charge is 0.398 e. The van der Waals surface area contributed by atoms with Crippen molar-refractivity contribution < 1.29 is 17.6 Å². The first kappa shape index (κ1) is 13.4. The van der Waals surface area contributed by atoms with Gasteiger partial charge in [0.1, 0.15) is 5.82 Å². The average Bonchev–Trinajstić information content (AvgIpc) is 2.19. The van der Waals surface area contributed by atoms with Crippen molar-refractivity contribution in [1.82, 2.24) is 5.32 Å². The Morgan fingerprint density at radius 1 is 1.41 bits per heavy atom. The second-order valence-corrected chi connectivity index (χ2v) is 5.09. The number of carbonyl (C=O) groups is 1. The maximum absolute atomic E-state index is 12.9. The fourth-order valence-electron chi connectivity index (χ4n) is 1.13. The van der Waals surface area contributed by atoms with E-state index in [2.05, 4.69) is 5.32 Å². The summed E-state index contributed by atoms with van der Waals surface area (Å²) in [4.78, 5) is 11.5. The van der Waals surface area contributed by atoms with Gasteiger partial charge in [-0.3, -0.25) is 4.79 Å². The maximum atomic E-state index is 12.9. The maximum Gasteiger partial charge on any atom is 0.253 e. The summed E-state index contributed by atoms with van der Waals surface area (Å²) in [5.41, 5.74) is 5.55. The molecule has 1 aromatic carbocycles. The predicted molar refractivity (Wildman–Crippen MR) is 61.1 cm³/mol. The molecule has 5 N–H and O–H groups in total. The van der Waals surface area contributed by atoms with Gasteiger partial charge in [-0.05, 0) is 18.2 Å². The standard InChI is InChI=1S/C9H12FN3O3S/c10-6-1-2-8(11)7(5-6)9(14)13-3-4-17(12,15)16/h1-2,5H,3-4,11H2,(H,13,14)(H2,12,15,16). The Morgan fingerprint density at radius 2 is 2.06 bits per heavy atom. The highest BCUT2D eigenvalue weighted by Crippen LogP contribution is 2.12. The number of sulfonamides is 1. The monoisotopic (exact) mass is 261 g/mol. The molecule has 0 radical (unpaired) electrons. The van der Waals surface area contributed by atoms with Gasteiger partial charge in [0, 0.05) is 12.2 Å². The molecule has 8 heteroatoms. The van der Waals surface area contributed by atoms with Crippen LogP contribution in [0.25, 0.3) is 0 Å². The summed E-state index contributed by atoms with van der Waals surface area (Å²) >= 11 is 0. The second-order valence-electron chi connectivity index (χ2n) is 3.35. The Bertz CT molecular complexity index is 530. The lowest BCUT2D eigenvalue weighted by atomic mass is 10.1. The van der Waals surface area contributed by atoms with Crippen molar-refractivity contribution in [3.8, 4) is 0 Å². The topological polar surface area (TPSA) is 115 Å². The van der Waals surface area contributed by atoms with Crippen LogP contribution in [0.1, 0.15) is 10.4 Å². The molecule has 1 amide bonds. The zero-order chi connectivity index (χ0) is 13.1. The number of hydrogen-bond acceptors (Lipinski definition) is 4. The van der Waals surface area contributed by atoms with Crippen molar-refractivity contribution >= 4 is 21.6 Å². The highest BCUT2D eigenvalue weighted by Gasteiger charge is 2.11. The quantitative estimate of drug-likeness (QED) is 0.629. The highest BCUT2D eigenvalue weighted by atomic mass is 32.2. The second kappa shape index (κ2) is 5.11. The Morgan fingerprint density at radius 3 is 2.65 bits per heavy atom. The molecule has 0 fully saturated rings. The Hall–Kier alpha value is -1.67. The third-order valence-electron chi connectivity index (χ3n) is 1.93. The average molecular weight is 261 g/mol. The Kier molecular flexibility index (Phi) is 4.02. The molecule has 0 aliphatic rings. The van der Waals surface area contributed by atoms with E-state index in [-0.39, 0.29) is 17.8 Å². The molecule has 1 rings (SSSR count). The van der Waals surface area contributed by atoms with Gasteiger partial charge >= 0.3 is 0 Å². The lowest BCUT2D eigenvalue weighted by Crippen LogP contribution is -2.31. The van der Waals surface area contributed by atoms with Crippen LogP contribution in [0.15, 0.2) is 18.2 Å². The van der Waals surface area contributed by atoms with Crippen LogP contribution >= 0.6 is 0 Å². The molecule has 94 valence electrons. The fourth-order valence-corrected chi connectivity index (χ4v) is 1.51. The molecule has 0 unspecified atom stereocenters. The van der Waals surface area contributed by atoms with Crippen molar-refractivity contribution in [2.45, 2.75) is 0 Å². The Balaban J connectivity index is 2.67. The van der Waals surface area contributed by atoms with Crippen LogP contribution in [0, 0.1) is 5.82 Å². The summed E-state index contributed by atoms with van der Waals surface area (Å²) in [7, 11) is -3.64. The van der Waals surface area contributed by atoms with E-state index in [1.807, 2.05) is 0 Å². The van der Waals surface area contributed by atoms with E-state index in [1.165, 1.54) is 6.07 Å². The molecule has 0 spiro atoms. The molecule has 0 saturated carbocycles.